The Balaban J connectivity index is 3.62. The van der Waals surface area contributed by atoms with E-state index < -0.39 is 11.2 Å². The van der Waals surface area contributed by atoms with Gasteiger partial charge >= 0.3 is 5.69 Å². The van der Waals surface area contributed by atoms with Gasteiger partial charge < -0.3 is 4.98 Å². The quantitative estimate of drug-likeness (QED) is 0.452. The van der Waals surface area contributed by atoms with Crippen molar-refractivity contribution < 1.29 is 0 Å². The van der Waals surface area contributed by atoms with Crippen LogP contribution >= 0.6 is 12.6 Å². The molecule has 0 radical (unpaired) electrons. The molecule has 1 rings (SSSR count). The van der Waals surface area contributed by atoms with Crippen molar-refractivity contribution in [2.24, 2.45) is 0 Å². The van der Waals surface area contributed by atoms with Crippen molar-refractivity contribution >= 4 is 12.6 Å². The normalized spacial score (nSPS) is 9.80. The molecule has 0 aromatic carbocycles. The standard InChI is InChI=1S/C5H6N2O2S/c1-2-3(10)4(8)7-5(9)6-2/h10H,1H3,(H2,6,7,8,9). The minimum Gasteiger partial charge on any atom is -0.310 e. The first-order valence-corrected chi connectivity index (χ1v) is 3.08. The molecule has 0 unspecified atom stereocenters. The Labute approximate surface area is 61.7 Å². The molecule has 1 aromatic rings. The number of thiol groups is 1. The van der Waals surface area contributed by atoms with Crippen LogP contribution in [0.3, 0.4) is 0 Å². The van der Waals surface area contributed by atoms with Gasteiger partial charge in [0.05, 0.1) is 4.90 Å². The smallest absolute Gasteiger partial charge is 0.310 e. The van der Waals surface area contributed by atoms with Crippen molar-refractivity contribution in [3.8, 4) is 0 Å². The molecule has 54 valence electrons. The molecule has 0 bridgehead atoms. The van der Waals surface area contributed by atoms with E-state index in [2.05, 4.69) is 17.6 Å². The van der Waals surface area contributed by atoms with E-state index in [0.717, 1.165) is 0 Å². The summed E-state index contributed by atoms with van der Waals surface area (Å²) in [6.07, 6.45) is 0. The molecule has 0 amide bonds. The van der Waals surface area contributed by atoms with E-state index in [1.807, 2.05) is 4.98 Å². The number of H-pyrrole nitrogens is 2. The van der Waals surface area contributed by atoms with Crippen molar-refractivity contribution in [3.05, 3.63) is 26.5 Å². The summed E-state index contributed by atoms with van der Waals surface area (Å²) in [4.78, 5) is 25.9. The predicted molar refractivity (Wildman–Crippen MR) is 39.7 cm³/mol. The number of aromatic amines is 2. The van der Waals surface area contributed by atoms with Crippen LogP contribution in [0.1, 0.15) is 5.69 Å². The van der Waals surface area contributed by atoms with Gasteiger partial charge in [-0.05, 0) is 6.92 Å². The summed E-state index contributed by atoms with van der Waals surface area (Å²) in [5.74, 6) is 0. The topological polar surface area (TPSA) is 65.7 Å². The zero-order chi connectivity index (χ0) is 7.72. The molecule has 0 saturated carbocycles. The van der Waals surface area contributed by atoms with Crippen LogP contribution in [0.4, 0.5) is 0 Å². The highest BCUT2D eigenvalue weighted by atomic mass is 32.1. The Hall–Kier alpha value is -0.970. The van der Waals surface area contributed by atoms with Crippen LogP contribution in [0.2, 0.25) is 0 Å². The molecule has 0 atom stereocenters. The fraction of sp³-hybridized carbons (Fsp3) is 0.200. The molecule has 0 aliphatic rings. The highest BCUT2D eigenvalue weighted by Crippen LogP contribution is 1.97. The predicted octanol–water partition coefficient (Wildman–Crippen LogP) is -0.340. The second-order valence-electron chi connectivity index (χ2n) is 1.88. The fourth-order valence-corrected chi connectivity index (χ4v) is 0.705. The maximum atomic E-state index is 10.7. The van der Waals surface area contributed by atoms with Gasteiger partial charge in [-0.15, -0.1) is 12.6 Å². The number of hydrogen-bond acceptors (Lipinski definition) is 3. The van der Waals surface area contributed by atoms with Gasteiger partial charge in [-0.1, -0.05) is 0 Å². The lowest BCUT2D eigenvalue weighted by atomic mass is 10.4. The van der Waals surface area contributed by atoms with Gasteiger partial charge in [0.2, 0.25) is 0 Å². The molecule has 4 nitrogen and oxygen atoms in total. The zero-order valence-electron chi connectivity index (χ0n) is 5.26. The first kappa shape index (κ1) is 7.14. The molecule has 1 heterocycles. The van der Waals surface area contributed by atoms with Crippen molar-refractivity contribution in [2.45, 2.75) is 11.8 Å². The van der Waals surface area contributed by atoms with E-state index in [9.17, 15) is 9.59 Å². The van der Waals surface area contributed by atoms with Gasteiger partial charge in [-0.2, -0.15) is 0 Å². The van der Waals surface area contributed by atoms with Crippen LogP contribution in [-0.2, 0) is 0 Å². The lowest BCUT2D eigenvalue weighted by Crippen LogP contribution is -2.23. The van der Waals surface area contributed by atoms with Crippen molar-refractivity contribution in [1.82, 2.24) is 9.97 Å². The SMILES string of the molecule is Cc1[nH]c(=O)[nH]c(=O)c1S. The van der Waals surface area contributed by atoms with Crippen LogP contribution < -0.4 is 11.2 Å². The molecule has 0 fully saturated rings. The van der Waals surface area contributed by atoms with Gasteiger partial charge in [-0.3, -0.25) is 9.78 Å². The minimum atomic E-state index is -0.500. The Kier molecular flexibility index (Phi) is 1.67. The highest BCUT2D eigenvalue weighted by molar-refractivity contribution is 7.80. The van der Waals surface area contributed by atoms with Crippen LogP contribution in [0.5, 0.6) is 0 Å². The number of nitrogens with one attached hydrogen (secondary N) is 2. The molecular formula is C5H6N2O2S. The van der Waals surface area contributed by atoms with Crippen LogP contribution in [0.25, 0.3) is 0 Å². The van der Waals surface area contributed by atoms with Crippen LogP contribution in [0.15, 0.2) is 14.5 Å². The average molecular weight is 158 g/mol. The molecule has 0 aliphatic carbocycles. The van der Waals surface area contributed by atoms with Crippen LogP contribution in [-0.4, -0.2) is 9.97 Å². The van der Waals surface area contributed by atoms with Crippen LogP contribution in [0, 0.1) is 6.92 Å². The van der Waals surface area contributed by atoms with Gasteiger partial charge in [0.1, 0.15) is 0 Å². The second kappa shape index (κ2) is 2.34. The largest absolute Gasteiger partial charge is 0.325 e. The first-order chi connectivity index (χ1) is 4.61. The van der Waals surface area contributed by atoms with E-state index in [1.54, 1.807) is 6.92 Å². The Morgan fingerprint density at radius 2 is 1.90 bits per heavy atom. The van der Waals surface area contributed by atoms with Gasteiger partial charge in [0, 0.05) is 5.69 Å². The van der Waals surface area contributed by atoms with E-state index in [4.69, 9.17) is 0 Å². The molecule has 0 spiro atoms. The summed E-state index contributed by atoms with van der Waals surface area (Å²) in [5.41, 5.74) is -0.470. The number of rotatable bonds is 0. The minimum absolute atomic E-state index is 0.250. The number of hydrogen-bond donors (Lipinski definition) is 3. The van der Waals surface area contributed by atoms with E-state index in [0.29, 0.717) is 5.69 Å². The van der Waals surface area contributed by atoms with E-state index in [1.165, 1.54) is 0 Å². The monoisotopic (exact) mass is 158 g/mol. The third kappa shape index (κ3) is 1.13. The zero-order valence-corrected chi connectivity index (χ0v) is 6.16. The summed E-state index contributed by atoms with van der Waals surface area (Å²) >= 11 is 3.84. The molecule has 0 aliphatic heterocycles. The summed E-state index contributed by atoms with van der Waals surface area (Å²) in [6, 6.07) is 0. The Bertz CT molecular complexity index is 351. The molecule has 10 heavy (non-hydrogen) atoms. The first-order valence-electron chi connectivity index (χ1n) is 2.63. The Morgan fingerprint density at radius 3 is 2.40 bits per heavy atom. The van der Waals surface area contributed by atoms with Crippen molar-refractivity contribution in [3.63, 3.8) is 0 Å². The van der Waals surface area contributed by atoms with Crippen molar-refractivity contribution in [2.75, 3.05) is 0 Å². The molecule has 0 saturated heterocycles. The maximum absolute atomic E-state index is 10.7. The van der Waals surface area contributed by atoms with E-state index in [-0.39, 0.29) is 4.90 Å². The third-order valence-electron chi connectivity index (χ3n) is 1.10. The molecular weight excluding hydrogens is 152 g/mol. The summed E-state index contributed by atoms with van der Waals surface area (Å²) in [6.45, 7) is 1.61. The van der Waals surface area contributed by atoms with Gasteiger partial charge in [-0.25, -0.2) is 4.79 Å². The van der Waals surface area contributed by atoms with Gasteiger partial charge in [0.25, 0.3) is 5.56 Å². The average Bonchev–Trinajstić information content (AvgIpc) is 1.82. The fourth-order valence-electron chi connectivity index (χ4n) is 0.593. The number of aryl methyl sites for hydroxylation is 1. The van der Waals surface area contributed by atoms with Crippen molar-refractivity contribution in [1.29, 1.82) is 0 Å². The lowest BCUT2D eigenvalue weighted by molar-refractivity contribution is 0.932. The second-order valence-corrected chi connectivity index (χ2v) is 2.33. The lowest BCUT2D eigenvalue weighted by Gasteiger charge is -1.92. The Morgan fingerprint density at radius 1 is 1.30 bits per heavy atom. The third-order valence-corrected chi connectivity index (χ3v) is 1.64. The van der Waals surface area contributed by atoms with Gasteiger partial charge in [0.15, 0.2) is 0 Å². The molecule has 1 aromatic heterocycles. The highest BCUT2D eigenvalue weighted by Gasteiger charge is 1.97. The summed E-state index contributed by atoms with van der Waals surface area (Å²) < 4.78 is 0. The molecule has 5 heteroatoms. The molecule has 2 N–H and O–H groups in total. The summed E-state index contributed by atoms with van der Waals surface area (Å²) in [7, 11) is 0. The summed E-state index contributed by atoms with van der Waals surface area (Å²) in [5, 5.41) is 0. The maximum Gasteiger partial charge on any atom is 0.325 e. The number of aromatic nitrogens is 2. The van der Waals surface area contributed by atoms with E-state index >= 15 is 0 Å².